The van der Waals surface area contributed by atoms with Crippen LogP contribution in [0.1, 0.15) is 35.6 Å². The van der Waals surface area contributed by atoms with E-state index >= 15 is 0 Å². The molecule has 0 unspecified atom stereocenters. The van der Waals surface area contributed by atoms with Gasteiger partial charge in [0.15, 0.2) is 0 Å². The molecule has 0 aliphatic rings. The molecule has 23 heavy (non-hydrogen) atoms. The van der Waals surface area contributed by atoms with Gasteiger partial charge in [0.2, 0.25) is 5.95 Å². The Morgan fingerprint density at radius 1 is 1.22 bits per heavy atom. The lowest BCUT2D eigenvalue weighted by atomic mass is 10.1. The zero-order valence-corrected chi connectivity index (χ0v) is 13.6. The van der Waals surface area contributed by atoms with Crippen molar-refractivity contribution in [2.75, 3.05) is 11.9 Å². The molecule has 1 amide bonds. The highest BCUT2D eigenvalue weighted by molar-refractivity contribution is 5.92. The van der Waals surface area contributed by atoms with Gasteiger partial charge in [0.25, 0.3) is 5.91 Å². The van der Waals surface area contributed by atoms with Gasteiger partial charge in [-0.05, 0) is 51.0 Å². The van der Waals surface area contributed by atoms with Crippen molar-refractivity contribution in [1.29, 1.82) is 0 Å². The number of hydrogen-bond acceptors (Lipinski definition) is 4. The second-order valence-electron chi connectivity index (χ2n) is 5.65. The van der Waals surface area contributed by atoms with Gasteiger partial charge in [0.1, 0.15) is 11.5 Å². The van der Waals surface area contributed by atoms with Crippen LogP contribution in [0.4, 0.5) is 10.3 Å². The molecule has 0 fully saturated rings. The lowest BCUT2D eigenvalue weighted by molar-refractivity contribution is 0.0949. The molecule has 1 aromatic heterocycles. The molecule has 0 radical (unpaired) electrons. The number of aryl methyl sites for hydroxylation is 1. The third-order valence-electron chi connectivity index (χ3n) is 3.12. The summed E-state index contributed by atoms with van der Waals surface area (Å²) < 4.78 is 12.8. The molecule has 2 N–H and O–H groups in total. The number of halogens is 1. The molecule has 5 nitrogen and oxygen atoms in total. The van der Waals surface area contributed by atoms with Gasteiger partial charge in [-0.3, -0.25) is 4.79 Å². The van der Waals surface area contributed by atoms with Crippen molar-refractivity contribution in [1.82, 2.24) is 15.3 Å². The summed E-state index contributed by atoms with van der Waals surface area (Å²) in [5.74, 6) is -0.0625. The summed E-state index contributed by atoms with van der Waals surface area (Å²) in [7, 11) is 0. The molecule has 0 bridgehead atoms. The average Bonchev–Trinajstić information content (AvgIpc) is 2.48. The minimum atomic E-state index is -0.264. The van der Waals surface area contributed by atoms with E-state index in [2.05, 4.69) is 20.6 Å². The van der Waals surface area contributed by atoms with Crippen LogP contribution in [0.2, 0.25) is 0 Å². The number of amides is 1. The summed E-state index contributed by atoms with van der Waals surface area (Å²) >= 11 is 0. The molecule has 1 aromatic carbocycles. The fraction of sp³-hybridized carbons (Fsp3) is 0.353. The Hall–Kier alpha value is -2.50. The summed E-state index contributed by atoms with van der Waals surface area (Å²) in [6.45, 7) is 6.24. The maximum absolute atomic E-state index is 12.8. The summed E-state index contributed by atoms with van der Waals surface area (Å²) in [5.41, 5.74) is 2.03. The van der Waals surface area contributed by atoms with Crippen LogP contribution in [0.15, 0.2) is 30.3 Å². The monoisotopic (exact) mass is 316 g/mol. The molecule has 0 aliphatic heterocycles. The van der Waals surface area contributed by atoms with E-state index in [1.54, 1.807) is 18.2 Å². The van der Waals surface area contributed by atoms with Crippen molar-refractivity contribution in [3.63, 3.8) is 0 Å². The van der Waals surface area contributed by atoms with E-state index in [-0.39, 0.29) is 17.8 Å². The number of hydrogen-bond donors (Lipinski definition) is 2. The van der Waals surface area contributed by atoms with Gasteiger partial charge in [-0.2, -0.15) is 0 Å². The molecule has 1 heterocycles. The minimum absolute atomic E-state index is 0.186. The van der Waals surface area contributed by atoms with Crippen molar-refractivity contribution >= 4 is 11.9 Å². The van der Waals surface area contributed by atoms with Crippen molar-refractivity contribution in [3.05, 3.63) is 53.1 Å². The van der Waals surface area contributed by atoms with Crippen LogP contribution in [0.3, 0.4) is 0 Å². The van der Waals surface area contributed by atoms with Crippen molar-refractivity contribution < 1.29 is 9.18 Å². The number of nitrogens with one attached hydrogen (secondary N) is 2. The van der Waals surface area contributed by atoms with Gasteiger partial charge in [0, 0.05) is 18.3 Å². The molecule has 2 rings (SSSR count). The summed E-state index contributed by atoms with van der Waals surface area (Å²) in [4.78, 5) is 20.7. The molecule has 6 heteroatoms. The van der Waals surface area contributed by atoms with E-state index in [1.807, 2.05) is 20.8 Å². The molecule has 0 atom stereocenters. The second kappa shape index (κ2) is 7.67. The summed E-state index contributed by atoms with van der Waals surface area (Å²) in [5, 5.41) is 5.91. The second-order valence-corrected chi connectivity index (χ2v) is 5.65. The van der Waals surface area contributed by atoms with E-state index < -0.39 is 0 Å². The largest absolute Gasteiger partial charge is 0.352 e. The third-order valence-corrected chi connectivity index (χ3v) is 3.12. The Labute approximate surface area is 135 Å². The van der Waals surface area contributed by atoms with Gasteiger partial charge < -0.3 is 10.6 Å². The Kier molecular flexibility index (Phi) is 5.62. The Morgan fingerprint density at radius 2 is 1.91 bits per heavy atom. The van der Waals surface area contributed by atoms with Crippen molar-refractivity contribution in [2.24, 2.45) is 0 Å². The van der Waals surface area contributed by atoms with Crippen LogP contribution in [-0.4, -0.2) is 28.5 Å². The first-order valence-electron chi connectivity index (χ1n) is 7.59. The maximum atomic E-state index is 12.8. The number of rotatable bonds is 6. The zero-order chi connectivity index (χ0) is 16.8. The molecule has 0 aliphatic carbocycles. The van der Waals surface area contributed by atoms with Crippen LogP contribution >= 0.6 is 0 Å². The molecule has 0 saturated carbocycles. The van der Waals surface area contributed by atoms with Crippen LogP contribution < -0.4 is 10.6 Å². The van der Waals surface area contributed by atoms with E-state index in [1.165, 1.54) is 12.1 Å². The van der Waals surface area contributed by atoms with Gasteiger partial charge in [0.05, 0.1) is 0 Å². The number of anilines is 1. The van der Waals surface area contributed by atoms with Crippen molar-refractivity contribution in [3.8, 4) is 0 Å². The maximum Gasteiger partial charge on any atom is 0.270 e. The topological polar surface area (TPSA) is 66.9 Å². The van der Waals surface area contributed by atoms with Crippen LogP contribution in [0.5, 0.6) is 0 Å². The van der Waals surface area contributed by atoms with E-state index in [9.17, 15) is 9.18 Å². The van der Waals surface area contributed by atoms with Crippen LogP contribution in [-0.2, 0) is 6.42 Å². The molecule has 122 valence electrons. The molecule has 0 saturated heterocycles. The van der Waals surface area contributed by atoms with E-state index in [0.717, 1.165) is 11.3 Å². The summed E-state index contributed by atoms with van der Waals surface area (Å²) in [6.07, 6.45) is 0.632. The first-order valence-corrected chi connectivity index (χ1v) is 7.59. The zero-order valence-electron chi connectivity index (χ0n) is 13.6. The number of nitrogens with zero attached hydrogens (tertiary/aromatic N) is 2. The van der Waals surface area contributed by atoms with E-state index in [0.29, 0.717) is 24.6 Å². The highest BCUT2D eigenvalue weighted by Crippen LogP contribution is 2.07. The lowest BCUT2D eigenvalue weighted by Gasteiger charge is -2.10. The van der Waals surface area contributed by atoms with Gasteiger partial charge >= 0.3 is 0 Å². The highest BCUT2D eigenvalue weighted by Gasteiger charge is 2.10. The molecular weight excluding hydrogens is 295 g/mol. The SMILES string of the molecule is Cc1cc(C(=O)NCCc2ccc(F)cc2)nc(NC(C)C)n1. The third kappa shape index (κ3) is 5.32. The average molecular weight is 316 g/mol. The Morgan fingerprint density at radius 3 is 2.57 bits per heavy atom. The van der Waals surface area contributed by atoms with Gasteiger partial charge in [-0.1, -0.05) is 12.1 Å². The van der Waals surface area contributed by atoms with Crippen LogP contribution in [0, 0.1) is 12.7 Å². The first kappa shape index (κ1) is 16.9. The van der Waals surface area contributed by atoms with Gasteiger partial charge in [-0.15, -0.1) is 0 Å². The summed E-state index contributed by atoms with van der Waals surface area (Å²) in [6, 6.07) is 8.08. The molecular formula is C17H21FN4O. The van der Waals surface area contributed by atoms with Gasteiger partial charge in [-0.25, -0.2) is 14.4 Å². The predicted molar refractivity (Wildman–Crippen MR) is 88.0 cm³/mol. The normalized spacial score (nSPS) is 10.7. The first-order chi connectivity index (χ1) is 10.9. The molecule has 0 spiro atoms. The van der Waals surface area contributed by atoms with E-state index in [4.69, 9.17) is 0 Å². The fourth-order valence-electron chi connectivity index (χ4n) is 2.07. The quantitative estimate of drug-likeness (QED) is 0.860. The standard InChI is InChI=1S/C17H21FN4O/c1-11(2)20-17-21-12(3)10-15(22-17)16(23)19-9-8-13-4-6-14(18)7-5-13/h4-7,10-11H,8-9H2,1-3H3,(H,19,23)(H,20,21,22). The number of benzene rings is 1. The lowest BCUT2D eigenvalue weighted by Crippen LogP contribution is -2.27. The molecule has 2 aromatic rings. The highest BCUT2D eigenvalue weighted by atomic mass is 19.1. The number of carbonyl (C=O) groups is 1. The fourth-order valence-corrected chi connectivity index (χ4v) is 2.07. The Balaban J connectivity index is 1.94. The predicted octanol–water partition coefficient (Wildman–Crippen LogP) is 2.72. The number of carbonyl (C=O) groups excluding carboxylic acids is 1. The van der Waals surface area contributed by atoms with Crippen LogP contribution in [0.25, 0.3) is 0 Å². The number of aromatic nitrogens is 2. The smallest absolute Gasteiger partial charge is 0.270 e. The minimum Gasteiger partial charge on any atom is -0.352 e. The van der Waals surface area contributed by atoms with Crippen molar-refractivity contribution in [2.45, 2.75) is 33.2 Å². The Bertz CT molecular complexity index is 671.